The maximum atomic E-state index is 2.27. The summed E-state index contributed by atoms with van der Waals surface area (Å²) in [5.74, 6) is 0. The van der Waals surface area contributed by atoms with Crippen LogP contribution in [-0.4, -0.2) is 0 Å². The van der Waals surface area contributed by atoms with Crippen molar-refractivity contribution in [2.75, 3.05) is 0 Å². The minimum absolute atomic E-state index is 0. The number of allylic oxidation sites excluding steroid dienone is 8. The molecule has 0 aromatic heterocycles. The predicted octanol–water partition coefficient (Wildman–Crippen LogP) is 5.34. The van der Waals surface area contributed by atoms with Crippen LogP contribution in [0.15, 0.2) is 48.6 Å². The fourth-order valence-corrected chi connectivity index (χ4v) is 1.71. The number of hydrogen-bond acceptors (Lipinski definition) is 0. The molecule has 0 N–H and O–H groups in total. The fraction of sp³-hybridized carbons (Fsp3) is 0.500. The molecule has 0 aromatic rings. The third-order valence-electron chi connectivity index (χ3n) is 2.67. The number of rotatable bonds is 0. The summed E-state index contributed by atoms with van der Waals surface area (Å²) < 4.78 is 0. The third-order valence-corrected chi connectivity index (χ3v) is 2.67. The molecular formula is C16H24Ru+2. The van der Waals surface area contributed by atoms with Crippen LogP contribution < -0.4 is 0 Å². The molecule has 2 aliphatic rings. The van der Waals surface area contributed by atoms with Crippen LogP contribution in [0.4, 0.5) is 0 Å². The van der Waals surface area contributed by atoms with Crippen molar-refractivity contribution in [2.45, 2.75) is 51.4 Å². The van der Waals surface area contributed by atoms with Crippen molar-refractivity contribution >= 4 is 0 Å². The Kier molecular flexibility index (Phi) is 13.3. The molecule has 0 aromatic carbocycles. The van der Waals surface area contributed by atoms with Gasteiger partial charge < -0.3 is 0 Å². The third kappa shape index (κ3) is 11.8. The largest absolute Gasteiger partial charge is 2.00 e. The van der Waals surface area contributed by atoms with E-state index >= 15 is 0 Å². The van der Waals surface area contributed by atoms with Crippen molar-refractivity contribution in [3.05, 3.63) is 48.6 Å². The monoisotopic (exact) mass is 318 g/mol. The minimum Gasteiger partial charge on any atom is -0.0882 e. The first-order valence-electron chi connectivity index (χ1n) is 6.60. The first-order valence-corrected chi connectivity index (χ1v) is 6.60. The Labute approximate surface area is 119 Å². The summed E-state index contributed by atoms with van der Waals surface area (Å²) in [5.41, 5.74) is 0. The van der Waals surface area contributed by atoms with E-state index in [1.807, 2.05) is 0 Å². The van der Waals surface area contributed by atoms with Crippen molar-refractivity contribution in [2.24, 2.45) is 0 Å². The maximum absolute atomic E-state index is 2.27. The Bertz CT molecular complexity index is 179. The Morgan fingerprint density at radius 1 is 0.294 bits per heavy atom. The summed E-state index contributed by atoms with van der Waals surface area (Å²) in [7, 11) is 0. The van der Waals surface area contributed by atoms with Gasteiger partial charge in [-0.15, -0.1) is 0 Å². The summed E-state index contributed by atoms with van der Waals surface area (Å²) in [5, 5.41) is 0. The Morgan fingerprint density at radius 3 is 0.529 bits per heavy atom. The van der Waals surface area contributed by atoms with Crippen LogP contribution in [0.1, 0.15) is 51.4 Å². The van der Waals surface area contributed by atoms with Crippen molar-refractivity contribution in [3.63, 3.8) is 0 Å². The molecule has 0 aliphatic heterocycles. The molecule has 0 amide bonds. The quantitative estimate of drug-likeness (QED) is 0.418. The van der Waals surface area contributed by atoms with Crippen LogP contribution in [-0.2, 0) is 19.5 Å². The van der Waals surface area contributed by atoms with E-state index < -0.39 is 0 Å². The first-order chi connectivity index (χ1) is 8.00. The van der Waals surface area contributed by atoms with Gasteiger partial charge in [0.15, 0.2) is 0 Å². The SMILES string of the molecule is C1=CCCC=CCC1.C1=CCCC=CCC1.[Ru+2]. The summed E-state index contributed by atoms with van der Waals surface area (Å²) in [6, 6.07) is 0. The van der Waals surface area contributed by atoms with Gasteiger partial charge in [-0.05, 0) is 51.4 Å². The Morgan fingerprint density at radius 2 is 0.412 bits per heavy atom. The second-order valence-electron chi connectivity index (χ2n) is 4.20. The molecule has 0 saturated carbocycles. The molecule has 94 valence electrons. The molecular weight excluding hydrogens is 293 g/mol. The van der Waals surface area contributed by atoms with Crippen molar-refractivity contribution in [1.82, 2.24) is 0 Å². The van der Waals surface area contributed by atoms with Gasteiger partial charge in [0.05, 0.1) is 0 Å². The van der Waals surface area contributed by atoms with E-state index in [1.54, 1.807) is 0 Å². The molecule has 0 nitrogen and oxygen atoms in total. The van der Waals surface area contributed by atoms with Gasteiger partial charge in [-0.25, -0.2) is 0 Å². The standard InChI is InChI=1S/2C8H12.Ru/c2*1-2-4-6-8-7-5-3-1;/h2*1-2,7-8H,3-6H2;/q;;+2. The summed E-state index contributed by atoms with van der Waals surface area (Å²) in [4.78, 5) is 0. The van der Waals surface area contributed by atoms with Gasteiger partial charge in [0.2, 0.25) is 0 Å². The summed E-state index contributed by atoms with van der Waals surface area (Å²) in [6.45, 7) is 0. The topological polar surface area (TPSA) is 0 Å². The van der Waals surface area contributed by atoms with Crippen LogP contribution in [0.25, 0.3) is 0 Å². The van der Waals surface area contributed by atoms with E-state index in [0.29, 0.717) is 0 Å². The molecule has 0 bridgehead atoms. The molecule has 0 spiro atoms. The molecule has 0 atom stereocenters. The van der Waals surface area contributed by atoms with Crippen LogP contribution in [0.3, 0.4) is 0 Å². The molecule has 0 fully saturated rings. The first kappa shape index (κ1) is 16.6. The molecule has 0 unspecified atom stereocenters. The second kappa shape index (κ2) is 13.6. The minimum atomic E-state index is 0. The van der Waals surface area contributed by atoms with Gasteiger partial charge in [-0.1, -0.05) is 48.6 Å². The van der Waals surface area contributed by atoms with Gasteiger partial charge in [0.1, 0.15) is 0 Å². The van der Waals surface area contributed by atoms with Crippen LogP contribution in [0.5, 0.6) is 0 Å². The van der Waals surface area contributed by atoms with Crippen molar-refractivity contribution in [1.29, 1.82) is 0 Å². The zero-order valence-electron chi connectivity index (χ0n) is 10.6. The molecule has 0 saturated heterocycles. The van der Waals surface area contributed by atoms with Crippen LogP contribution in [0, 0.1) is 0 Å². The van der Waals surface area contributed by atoms with Gasteiger partial charge >= 0.3 is 19.5 Å². The van der Waals surface area contributed by atoms with Crippen molar-refractivity contribution < 1.29 is 19.5 Å². The van der Waals surface area contributed by atoms with Gasteiger partial charge in [-0.2, -0.15) is 0 Å². The molecule has 2 aliphatic carbocycles. The average Bonchev–Trinajstić information content (AvgIpc) is 2.15. The summed E-state index contributed by atoms with van der Waals surface area (Å²) >= 11 is 0. The Hall–Kier alpha value is -0.417. The van der Waals surface area contributed by atoms with Crippen LogP contribution >= 0.6 is 0 Å². The normalized spacial score (nSPS) is 18.8. The van der Waals surface area contributed by atoms with Gasteiger partial charge in [0, 0.05) is 0 Å². The summed E-state index contributed by atoms with van der Waals surface area (Å²) in [6.07, 6.45) is 28.0. The van der Waals surface area contributed by atoms with E-state index in [2.05, 4.69) is 48.6 Å². The molecule has 17 heavy (non-hydrogen) atoms. The average molecular weight is 317 g/mol. The second-order valence-corrected chi connectivity index (χ2v) is 4.20. The van der Waals surface area contributed by atoms with Gasteiger partial charge in [-0.3, -0.25) is 0 Å². The zero-order chi connectivity index (χ0) is 11.3. The van der Waals surface area contributed by atoms with Crippen LogP contribution in [0.2, 0.25) is 0 Å². The van der Waals surface area contributed by atoms with E-state index in [0.717, 1.165) is 0 Å². The maximum Gasteiger partial charge on any atom is 2.00 e. The molecule has 0 heterocycles. The van der Waals surface area contributed by atoms with E-state index in [1.165, 1.54) is 51.4 Å². The van der Waals surface area contributed by atoms with E-state index in [-0.39, 0.29) is 19.5 Å². The molecule has 2 rings (SSSR count). The Balaban J connectivity index is 0.000000284. The van der Waals surface area contributed by atoms with E-state index in [4.69, 9.17) is 0 Å². The smallest absolute Gasteiger partial charge is 0.0882 e. The van der Waals surface area contributed by atoms with E-state index in [9.17, 15) is 0 Å². The van der Waals surface area contributed by atoms with Crippen molar-refractivity contribution in [3.8, 4) is 0 Å². The fourth-order valence-electron chi connectivity index (χ4n) is 1.71. The number of hydrogen-bond donors (Lipinski definition) is 0. The van der Waals surface area contributed by atoms with Gasteiger partial charge in [0.25, 0.3) is 0 Å². The molecule has 0 radical (unpaired) electrons. The zero-order valence-corrected chi connectivity index (χ0v) is 12.4. The predicted molar refractivity (Wildman–Crippen MR) is 73.5 cm³/mol. The molecule has 1 heteroatoms.